The van der Waals surface area contributed by atoms with E-state index in [2.05, 4.69) is 43.5 Å². The van der Waals surface area contributed by atoms with Crippen molar-refractivity contribution in [1.82, 2.24) is 25.1 Å². The lowest BCUT2D eigenvalue weighted by molar-refractivity contribution is -0.00197. The highest BCUT2D eigenvalue weighted by molar-refractivity contribution is 5.96. The summed E-state index contributed by atoms with van der Waals surface area (Å²) in [7, 11) is 0. The van der Waals surface area contributed by atoms with Crippen molar-refractivity contribution in [2.75, 3.05) is 5.32 Å². The van der Waals surface area contributed by atoms with Crippen molar-refractivity contribution >= 4 is 27.9 Å². The molecule has 1 aromatic carbocycles. The molecular formula is C22H24N6O. The van der Waals surface area contributed by atoms with Crippen LogP contribution in [0.1, 0.15) is 39.0 Å². The number of nitrogens with one attached hydrogen (secondary N) is 2. The summed E-state index contributed by atoms with van der Waals surface area (Å²) in [5.74, 6) is 0.631. The predicted molar refractivity (Wildman–Crippen MR) is 114 cm³/mol. The molecule has 4 aromatic rings. The molecule has 1 fully saturated rings. The molecule has 29 heavy (non-hydrogen) atoms. The lowest BCUT2D eigenvalue weighted by Gasteiger charge is -2.35. The number of hydrogen-bond acceptors (Lipinski definition) is 6. The Balaban J connectivity index is 1.38. The summed E-state index contributed by atoms with van der Waals surface area (Å²) >= 11 is 0. The average Bonchev–Trinajstić information content (AvgIpc) is 3.18. The third-order valence-electron chi connectivity index (χ3n) is 6.16. The van der Waals surface area contributed by atoms with Gasteiger partial charge in [0.2, 0.25) is 5.95 Å². The van der Waals surface area contributed by atoms with Crippen LogP contribution in [0.25, 0.3) is 33.1 Å². The number of rotatable bonds is 4. The minimum atomic E-state index is -0.497. The highest BCUT2D eigenvalue weighted by Crippen LogP contribution is 2.33. The molecule has 0 atom stereocenters. The Bertz CT molecular complexity index is 1160. The molecule has 1 aliphatic carbocycles. The first-order chi connectivity index (χ1) is 14.1. The predicted octanol–water partition coefficient (Wildman–Crippen LogP) is 4.06. The monoisotopic (exact) mass is 388 g/mol. The van der Waals surface area contributed by atoms with E-state index in [-0.39, 0.29) is 0 Å². The fraction of sp³-hybridized carbons (Fsp3) is 0.364. The smallest absolute Gasteiger partial charge is 0.224 e. The molecule has 7 heteroatoms. The van der Waals surface area contributed by atoms with Crippen molar-refractivity contribution in [2.45, 2.75) is 50.7 Å². The van der Waals surface area contributed by atoms with E-state index < -0.39 is 5.60 Å². The highest BCUT2D eigenvalue weighted by atomic mass is 16.3. The van der Waals surface area contributed by atoms with Gasteiger partial charge in [0, 0.05) is 34.8 Å². The summed E-state index contributed by atoms with van der Waals surface area (Å²) < 4.78 is 0. The molecule has 1 saturated carbocycles. The van der Waals surface area contributed by atoms with Crippen molar-refractivity contribution in [3.8, 4) is 11.1 Å². The van der Waals surface area contributed by atoms with E-state index in [1.165, 1.54) is 0 Å². The van der Waals surface area contributed by atoms with E-state index in [0.29, 0.717) is 12.0 Å². The maximum absolute atomic E-state index is 10.4. The zero-order chi connectivity index (χ0) is 19.8. The molecule has 148 valence electrons. The van der Waals surface area contributed by atoms with Gasteiger partial charge in [-0.25, -0.2) is 4.98 Å². The molecule has 0 saturated heterocycles. The van der Waals surface area contributed by atoms with Gasteiger partial charge in [0.15, 0.2) is 0 Å². The number of nitrogens with zero attached hydrogens (tertiary/aromatic N) is 4. The van der Waals surface area contributed by atoms with E-state index in [4.69, 9.17) is 0 Å². The van der Waals surface area contributed by atoms with E-state index in [1.807, 2.05) is 30.6 Å². The van der Waals surface area contributed by atoms with E-state index >= 15 is 0 Å². The second-order valence-corrected chi connectivity index (χ2v) is 7.96. The van der Waals surface area contributed by atoms with Crippen molar-refractivity contribution in [3.63, 3.8) is 0 Å². The third kappa shape index (κ3) is 3.42. The molecule has 3 heterocycles. The Morgan fingerprint density at radius 1 is 1.24 bits per heavy atom. The van der Waals surface area contributed by atoms with Crippen LogP contribution in [0.3, 0.4) is 0 Å². The van der Waals surface area contributed by atoms with Crippen LogP contribution in [0.5, 0.6) is 0 Å². The lowest BCUT2D eigenvalue weighted by atomic mass is 9.80. The highest BCUT2D eigenvalue weighted by Gasteiger charge is 2.31. The molecule has 0 aliphatic heterocycles. The Kier molecular flexibility index (Phi) is 4.39. The molecule has 0 bridgehead atoms. The summed E-state index contributed by atoms with van der Waals surface area (Å²) in [4.78, 5) is 12.5. The number of hydrogen-bond donors (Lipinski definition) is 3. The van der Waals surface area contributed by atoms with Gasteiger partial charge in [0.05, 0.1) is 17.3 Å². The fourth-order valence-electron chi connectivity index (χ4n) is 4.21. The van der Waals surface area contributed by atoms with Gasteiger partial charge in [0.1, 0.15) is 5.65 Å². The van der Waals surface area contributed by atoms with E-state index in [0.717, 1.165) is 65.2 Å². The third-order valence-corrected chi connectivity index (χ3v) is 6.16. The van der Waals surface area contributed by atoms with Crippen molar-refractivity contribution in [2.24, 2.45) is 0 Å². The van der Waals surface area contributed by atoms with Crippen LogP contribution in [0.15, 0.2) is 42.9 Å². The van der Waals surface area contributed by atoms with Crippen LogP contribution in [-0.4, -0.2) is 41.9 Å². The Hall–Kier alpha value is -3.06. The minimum absolute atomic E-state index is 0.301. The van der Waals surface area contributed by atoms with Gasteiger partial charge in [-0.2, -0.15) is 15.2 Å². The van der Waals surface area contributed by atoms with Crippen LogP contribution in [0.4, 0.5) is 5.95 Å². The maximum Gasteiger partial charge on any atom is 0.224 e. The largest absolute Gasteiger partial charge is 0.390 e. The Morgan fingerprint density at radius 3 is 2.93 bits per heavy atom. The fourth-order valence-corrected chi connectivity index (χ4v) is 4.21. The zero-order valence-electron chi connectivity index (χ0n) is 16.4. The van der Waals surface area contributed by atoms with Crippen molar-refractivity contribution in [3.05, 3.63) is 42.9 Å². The number of benzene rings is 1. The SMILES string of the molecule is CCC1(O)CCC(Nc2ncc3c(-c4ccc5nnccc5c4)c[nH]c3n2)CC1. The molecule has 0 radical (unpaired) electrons. The molecule has 0 spiro atoms. The van der Waals surface area contributed by atoms with Crippen LogP contribution in [0, 0.1) is 0 Å². The summed E-state index contributed by atoms with van der Waals surface area (Å²) in [5.41, 5.74) is 3.35. The average molecular weight is 388 g/mol. The van der Waals surface area contributed by atoms with Gasteiger partial charge < -0.3 is 15.4 Å². The molecule has 0 amide bonds. The molecule has 7 nitrogen and oxygen atoms in total. The van der Waals surface area contributed by atoms with Gasteiger partial charge in [-0.1, -0.05) is 13.0 Å². The Morgan fingerprint density at radius 2 is 2.10 bits per heavy atom. The number of anilines is 1. The summed E-state index contributed by atoms with van der Waals surface area (Å²) in [6.45, 7) is 2.05. The first-order valence-corrected chi connectivity index (χ1v) is 10.2. The topological polar surface area (TPSA) is 99.6 Å². The second kappa shape index (κ2) is 7.08. The molecule has 0 unspecified atom stereocenters. The van der Waals surface area contributed by atoms with Crippen LogP contribution in [0.2, 0.25) is 0 Å². The van der Waals surface area contributed by atoms with Gasteiger partial charge in [-0.05, 0) is 55.9 Å². The van der Waals surface area contributed by atoms with Gasteiger partial charge in [-0.3, -0.25) is 0 Å². The summed E-state index contributed by atoms with van der Waals surface area (Å²) in [6, 6.07) is 8.39. The van der Waals surface area contributed by atoms with Gasteiger partial charge in [0.25, 0.3) is 0 Å². The van der Waals surface area contributed by atoms with Crippen LogP contribution >= 0.6 is 0 Å². The van der Waals surface area contributed by atoms with Gasteiger partial charge >= 0.3 is 0 Å². The zero-order valence-corrected chi connectivity index (χ0v) is 16.4. The first kappa shape index (κ1) is 18.0. The summed E-state index contributed by atoms with van der Waals surface area (Å²) in [5, 5.41) is 24.0. The first-order valence-electron chi connectivity index (χ1n) is 10.2. The van der Waals surface area contributed by atoms with Crippen molar-refractivity contribution in [1.29, 1.82) is 0 Å². The molecule has 5 rings (SSSR count). The Labute approximate surface area is 168 Å². The molecule has 3 aromatic heterocycles. The summed E-state index contributed by atoms with van der Waals surface area (Å²) in [6.07, 6.45) is 9.87. The normalized spacial score (nSPS) is 22.2. The standard InChI is InChI=1S/C22H24N6O/c1-2-22(29)8-5-16(6-9-22)26-21-24-13-18-17(12-23-20(18)27-21)14-3-4-19-15(11-14)7-10-25-28-19/h3-4,7,10-13,16,29H,2,5-6,8-9H2,1H3,(H2,23,24,26,27). The molecule has 1 aliphatic rings. The van der Waals surface area contributed by atoms with Crippen LogP contribution < -0.4 is 5.32 Å². The van der Waals surface area contributed by atoms with Gasteiger partial charge in [-0.15, -0.1) is 0 Å². The quantitative estimate of drug-likeness (QED) is 0.487. The molecule has 3 N–H and O–H groups in total. The van der Waals surface area contributed by atoms with Crippen molar-refractivity contribution < 1.29 is 5.11 Å². The number of H-pyrrole nitrogens is 1. The number of aliphatic hydroxyl groups is 1. The minimum Gasteiger partial charge on any atom is -0.390 e. The van der Waals surface area contributed by atoms with Crippen LogP contribution in [-0.2, 0) is 0 Å². The number of aromatic nitrogens is 5. The number of aromatic amines is 1. The lowest BCUT2D eigenvalue weighted by Crippen LogP contribution is -2.38. The van der Waals surface area contributed by atoms with E-state index in [9.17, 15) is 5.11 Å². The number of fused-ring (bicyclic) bond motifs is 2. The second-order valence-electron chi connectivity index (χ2n) is 7.96. The molecular weight excluding hydrogens is 364 g/mol. The maximum atomic E-state index is 10.4. The van der Waals surface area contributed by atoms with E-state index in [1.54, 1.807) is 6.20 Å².